The molecule has 5 heteroatoms. The number of nitrogens with two attached hydrogens (primary N) is 1. The van der Waals surface area contributed by atoms with Crippen LogP contribution in [0.1, 0.15) is 49.7 Å². The molecular weight excluding hydrogens is 269 g/mol. The Labute approximate surface area is 125 Å². The summed E-state index contributed by atoms with van der Waals surface area (Å²) in [5, 5.41) is 14.9. The number of nitrogens with one attached hydrogen (secondary N) is 1. The van der Waals surface area contributed by atoms with Crippen LogP contribution in [0.15, 0.2) is 23.4 Å². The Bertz CT molecular complexity index is 484. The first-order chi connectivity index (χ1) is 10.2. The summed E-state index contributed by atoms with van der Waals surface area (Å²) in [5.41, 5.74) is 6.70. The van der Waals surface area contributed by atoms with E-state index >= 15 is 0 Å². The van der Waals surface area contributed by atoms with Crippen molar-refractivity contribution < 1.29 is 9.60 Å². The molecule has 1 aliphatic rings. The lowest BCUT2D eigenvalue weighted by molar-refractivity contribution is 0.318. The molecule has 0 aliphatic heterocycles. The third-order valence-electron chi connectivity index (χ3n) is 4.13. The highest BCUT2D eigenvalue weighted by Gasteiger charge is 2.13. The van der Waals surface area contributed by atoms with Crippen LogP contribution >= 0.6 is 0 Å². The van der Waals surface area contributed by atoms with Crippen molar-refractivity contribution in [1.29, 1.82) is 0 Å². The summed E-state index contributed by atoms with van der Waals surface area (Å²) >= 11 is 0. The smallest absolute Gasteiger partial charge is 0.170 e. The fourth-order valence-corrected chi connectivity index (χ4v) is 3.01. The van der Waals surface area contributed by atoms with Crippen molar-refractivity contribution in [3.8, 4) is 0 Å². The quantitative estimate of drug-likeness (QED) is 0.238. The van der Waals surface area contributed by atoms with E-state index in [1.54, 1.807) is 6.07 Å². The average Bonchev–Trinajstić information content (AvgIpc) is 2.98. The van der Waals surface area contributed by atoms with E-state index in [1.807, 2.05) is 0 Å². The first-order valence-electron chi connectivity index (χ1n) is 7.67. The number of hydrogen-bond donors (Lipinski definition) is 3. The van der Waals surface area contributed by atoms with E-state index in [2.05, 4.69) is 10.5 Å². The Morgan fingerprint density at radius 1 is 1.33 bits per heavy atom. The lowest BCUT2D eigenvalue weighted by Gasteiger charge is -2.10. The SMILES string of the molecule is N/C(=N/O)c1cc(F)cc(CNCCCC2CCCC2)c1. The van der Waals surface area contributed by atoms with Crippen LogP contribution in [-0.2, 0) is 6.54 Å². The highest BCUT2D eigenvalue weighted by Crippen LogP contribution is 2.28. The Kier molecular flexibility index (Phi) is 5.99. The van der Waals surface area contributed by atoms with Crippen LogP contribution in [0.25, 0.3) is 0 Å². The van der Waals surface area contributed by atoms with E-state index in [4.69, 9.17) is 10.9 Å². The molecule has 2 rings (SSSR count). The zero-order valence-electron chi connectivity index (χ0n) is 12.3. The number of amidine groups is 1. The summed E-state index contributed by atoms with van der Waals surface area (Å²) in [6, 6.07) is 4.47. The molecule has 4 N–H and O–H groups in total. The highest BCUT2D eigenvalue weighted by molar-refractivity contribution is 5.97. The first kappa shape index (κ1) is 15.8. The molecule has 1 aliphatic carbocycles. The van der Waals surface area contributed by atoms with Gasteiger partial charge in [0, 0.05) is 12.1 Å². The van der Waals surface area contributed by atoms with Crippen molar-refractivity contribution in [2.45, 2.75) is 45.1 Å². The van der Waals surface area contributed by atoms with Crippen LogP contribution in [-0.4, -0.2) is 17.6 Å². The van der Waals surface area contributed by atoms with Crippen molar-refractivity contribution in [2.75, 3.05) is 6.54 Å². The third-order valence-corrected chi connectivity index (χ3v) is 4.13. The van der Waals surface area contributed by atoms with Gasteiger partial charge in [0.15, 0.2) is 5.84 Å². The molecule has 116 valence electrons. The molecule has 0 bridgehead atoms. The van der Waals surface area contributed by atoms with Gasteiger partial charge < -0.3 is 16.3 Å². The Morgan fingerprint density at radius 3 is 2.81 bits per heavy atom. The highest BCUT2D eigenvalue weighted by atomic mass is 19.1. The van der Waals surface area contributed by atoms with Gasteiger partial charge in [0.1, 0.15) is 5.82 Å². The molecule has 21 heavy (non-hydrogen) atoms. The maximum Gasteiger partial charge on any atom is 0.170 e. The average molecular weight is 293 g/mol. The molecule has 0 heterocycles. The summed E-state index contributed by atoms with van der Waals surface area (Å²) in [6.45, 7) is 1.53. The molecule has 0 atom stereocenters. The molecular formula is C16H24FN3O. The zero-order valence-corrected chi connectivity index (χ0v) is 12.3. The van der Waals surface area contributed by atoms with Gasteiger partial charge in [-0.15, -0.1) is 0 Å². The lowest BCUT2D eigenvalue weighted by atomic mass is 10.0. The Balaban J connectivity index is 1.76. The van der Waals surface area contributed by atoms with Crippen LogP contribution in [0.5, 0.6) is 0 Å². The number of benzene rings is 1. The summed E-state index contributed by atoms with van der Waals surface area (Å²) < 4.78 is 13.5. The van der Waals surface area contributed by atoms with Crippen molar-refractivity contribution >= 4 is 5.84 Å². The number of halogens is 1. The number of oxime groups is 1. The molecule has 0 aromatic heterocycles. The van der Waals surface area contributed by atoms with E-state index < -0.39 is 0 Å². The summed E-state index contributed by atoms with van der Waals surface area (Å²) in [5.74, 6) is 0.465. The van der Waals surface area contributed by atoms with Gasteiger partial charge in [0.05, 0.1) is 0 Å². The van der Waals surface area contributed by atoms with Gasteiger partial charge in [0.2, 0.25) is 0 Å². The number of nitrogens with zero attached hydrogens (tertiary/aromatic N) is 1. The topological polar surface area (TPSA) is 70.6 Å². The molecule has 1 fully saturated rings. The molecule has 0 amide bonds. The number of hydrogen-bond acceptors (Lipinski definition) is 3. The molecule has 1 aromatic carbocycles. The number of rotatable bonds is 7. The van der Waals surface area contributed by atoms with E-state index in [0.29, 0.717) is 12.1 Å². The van der Waals surface area contributed by atoms with Gasteiger partial charge >= 0.3 is 0 Å². The van der Waals surface area contributed by atoms with Gasteiger partial charge in [-0.25, -0.2) is 4.39 Å². The maximum atomic E-state index is 13.5. The summed E-state index contributed by atoms with van der Waals surface area (Å²) in [4.78, 5) is 0. The molecule has 4 nitrogen and oxygen atoms in total. The minimum Gasteiger partial charge on any atom is -0.409 e. The van der Waals surface area contributed by atoms with Crippen LogP contribution in [0.4, 0.5) is 4.39 Å². The second kappa shape index (κ2) is 7.98. The second-order valence-electron chi connectivity index (χ2n) is 5.80. The second-order valence-corrected chi connectivity index (χ2v) is 5.80. The lowest BCUT2D eigenvalue weighted by Crippen LogP contribution is -2.17. The largest absolute Gasteiger partial charge is 0.409 e. The maximum absolute atomic E-state index is 13.5. The van der Waals surface area contributed by atoms with Crippen molar-refractivity contribution in [1.82, 2.24) is 5.32 Å². The zero-order chi connectivity index (χ0) is 15.1. The van der Waals surface area contributed by atoms with Crippen LogP contribution < -0.4 is 11.1 Å². The predicted molar refractivity (Wildman–Crippen MR) is 81.8 cm³/mol. The van der Waals surface area contributed by atoms with Gasteiger partial charge in [0.25, 0.3) is 0 Å². The van der Waals surface area contributed by atoms with Gasteiger partial charge in [-0.3, -0.25) is 0 Å². The van der Waals surface area contributed by atoms with E-state index in [-0.39, 0.29) is 11.7 Å². The monoisotopic (exact) mass is 293 g/mol. The van der Waals surface area contributed by atoms with Gasteiger partial charge in [-0.05, 0) is 49.1 Å². The summed E-state index contributed by atoms with van der Waals surface area (Å²) in [7, 11) is 0. The van der Waals surface area contributed by atoms with Crippen molar-refractivity contribution in [3.05, 3.63) is 35.1 Å². The van der Waals surface area contributed by atoms with Crippen LogP contribution in [0.2, 0.25) is 0 Å². The molecule has 0 spiro atoms. The van der Waals surface area contributed by atoms with E-state index in [1.165, 1.54) is 44.2 Å². The molecule has 1 aromatic rings. The van der Waals surface area contributed by atoms with Gasteiger partial charge in [-0.1, -0.05) is 30.8 Å². The van der Waals surface area contributed by atoms with Crippen molar-refractivity contribution in [3.63, 3.8) is 0 Å². The fraction of sp³-hybridized carbons (Fsp3) is 0.562. The van der Waals surface area contributed by atoms with Crippen molar-refractivity contribution in [2.24, 2.45) is 16.8 Å². The predicted octanol–water partition coefficient (Wildman–Crippen LogP) is 2.98. The molecule has 0 saturated heterocycles. The Morgan fingerprint density at radius 2 is 2.10 bits per heavy atom. The first-order valence-corrected chi connectivity index (χ1v) is 7.67. The van der Waals surface area contributed by atoms with Gasteiger partial charge in [-0.2, -0.15) is 0 Å². The molecule has 0 unspecified atom stereocenters. The normalized spacial score (nSPS) is 16.5. The standard InChI is InChI=1S/C16H24FN3O/c17-15-9-13(8-14(10-15)16(18)20-21)11-19-7-3-6-12-4-1-2-5-12/h8-10,12,19,21H,1-7,11H2,(H2,18,20). The third kappa shape index (κ3) is 5.01. The minimum atomic E-state index is -0.373. The van der Waals surface area contributed by atoms with Crippen LogP contribution in [0, 0.1) is 11.7 Å². The van der Waals surface area contributed by atoms with E-state index in [0.717, 1.165) is 24.4 Å². The van der Waals surface area contributed by atoms with Crippen LogP contribution in [0.3, 0.4) is 0 Å². The summed E-state index contributed by atoms with van der Waals surface area (Å²) in [6.07, 6.45) is 7.98. The minimum absolute atomic E-state index is 0.0722. The Hall–Kier alpha value is -1.62. The van der Waals surface area contributed by atoms with E-state index in [9.17, 15) is 4.39 Å². The molecule has 0 radical (unpaired) electrons. The fourth-order valence-electron chi connectivity index (χ4n) is 3.01. The molecule has 1 saturated carbocycles.